The summed E-state index contributed by atoms with van der Waals surface area (Å²) in [6, 6.07) is 6.95. The summed E-state index contributed by atoms with van der Waals surface area (Å²) in [5.74, 6) is -0.797. The normalized spacial score (nSPS) is 18.8. The van der Waals surface area contributed by atoms with Gasteiger partial charge in [-0.05, 0) is 59.7 Å². The molecule has 0 aliphatic carbocycles. The van der Waals surface area contributed by atoms with Crippen molar-refractivity contribution in [2.24, 2.45) is 0 Å². The van der Waals surface area contributed by atoms with E-state index in [2.05, 4.69) is 5.32 Å². The number of fused-ring (bicyclic) bond motifs is 1. The summed E-state index contributed by atoms with van der Waals surface area (Å²) in [4.78, 5) is 37.7. The number of anilines is 1. The predicted molar refractivity (Wildman–Crippen MR) is 123 cm³/mol. The van der Waals surface area contributed by atoms with E-state index in [1.165, 1.54) is 19.3 Å². The van der Waals surface area contributed by atoms with E-state index >= 15 is 4.39 Å². The lowest BCUT2D eigenvalue weighted by Gasteiger charge is -2.37. The molecule has 3 amide bonds. The molecule has 1 fully saturated rings. The number of imide groups is 1. The highest BCUT2D eigenvalue weighted by molar-refractivity contribution is 8.18. The van der Waals surface area contributed by atoms with Gasteiger partial charge in [-0.1, -0.05) is 19.9 Å². The van der Waals surface area contributed by atoms with Crippen LogP contribution in [-0.2, 0) is 15.0 Å². The van der Waals surface area contributed by atoms with Gasteiger partial charge in [0, 0.05) is 30.1 Å². The Hall–Kier alpha value is -3.13. The number of amides is 3. The molecule has 2 aliphatic heterocycles. The molecule has 4 rings (SSSR count). The van der Waals surface area contributed by atoms with Crippen molar-refractivity contribution < 1.29 is 23.5 Å². The van der Waals surface area contributed by atoms with Crippen molar-refractivity contribution >= 4 is 40.6 Å². The number of hydrogen-bond donors (Lipinski definition) is 1. The third-order valence-corrected chi connectivity index (χ3v) is 6.76. The van der Waals surface area contributed by atoms with Gasteiger partial charge in [0.25, 0.3) is 11.1 Å². The molecule has 2 aromatic rings. The summed E-state index contributed by atoms with van der Waals surface area (Å²) < 4.78 is 21.2. The van der Waals surface area contributed by atoms with Crippen LogP contribution in [0.15, 0.2) is 29.2 Å². The van der Waals surface area contributed by atoms with Crippen molar-refractivity contribution in [3.63, 3.8) is 0 Å². The molecule has 2 heterocycles. The summed E-state index contributed by atoms with van der Waals surface area (Å²) in [6.45, 7) is 5.94. The van der Waals surface area contributed by atoms with Crippen molar-refractivity contribution in [2.75, 3.05) is 19.1 Å². The number of methoxy groups -OCH3 is 1. The van der Waals surface area contributed by atoms with Crippen LogP contribution in [0.4, 0.5) is 14.9 Å². The van der Waals surface area contributed by atoms with E-state index in [0.717, 1.165) is 28.6 Å². The van der Waals surface area contributed by atoms with Crippen molar-refractivity contribution in [3.05, 3.63) is 51.7 Å². The third kappa shape index (κ3) is 3.58. The van der Waals surface area contributed by atoms with Crippen LogP contribution in [0.3, 0.4) is 0 Å². The molecule has 0 bridgehead atoms. The first-order valence-corrected chi connectivity index (χ1v) is 10.9. The zero-order valence-electron chi connectivity index (χ0n) is 18.5. The lowest BCUT2D eigenvalue weighted by molar-refractivity contribution is -0.119. The van der Waals surface area contributed by atoms with Crippen molar-refractivity contribution in [2.45, 2.75) is 32.6 Å². The summed E-state index contributed by atoms with van der Waals surface area (Å²) >= 11 is 0.730. The fraction of sp³-hybridized carbons (Fsp3) is 0.292. The Morgan fingerprint density at radius 1 is 1.22 bits per heavy atom. The molecule has 0 radical (unpaired) electrons. The SMILES string of the molecule is COc1ccc(C=C2SC(=O)NC2=O)c(F)c1-c1cc2c(cc1C)C(C)(C)CC(=O)N2C. The summed E-state index contributed by atoms with van der Waals surface area (Å²) in [7, 11) is 3.18. The predicted octanol–water partition coefficient (Wildman–Crippen LogP) is 4.78. The Morgan fingerprint density at radius 3 is 2.56 bits per heavy atom. The summed E-state index contributed by atoms with van der Waals surface area (Å²) in [6.07, 6.45) is 1.75. The lowest BCUT2D eigenvalue weighted by atomic mass is 9.76. The molecule has 32 heavy (non-hydrogen) atoms. The monoisotopic (exact) mass is 454 g/mol. The van der Waals surface area contributed by atoms with E-state index in [4.69, 9.17) is 4.74 Å². The maximum Gasteiger partial charge on any atom is 0.290 e. The number of hydrogen-bond acceptors (Lipinski definition) is 5. The van der Waals surface area contributed by atoms with Crippen LogP contribution in [0.1, 0.15) is 37.0 Å². The van der Waals surface area contributed by atoms with Crippen LogP contribution in [0.5, 0.6) is 5.75 Å². The minimum absolute atomic E-state index is 0.00263. The number of benzene rings is 2. The van der Waals surface area contributed by atoms with Gasteiger partial charge in [-0.25, -0.2) is 4.39 Å². The van der Waals surface area contributed by atoms with Crippen molar-refractivity contribution in [1.29, 1.82) is 0 Å². The molecule has 0 unspecified atom stereocenters. The summed E-state index contributed by atoms with van der Waals surface area (Å²) in [5, 5.41) is 1.68. The quantitative estimate of drug-likeness (QED) is 0.676. The molecule has 0 atom stereocenters. The number of carbonyl (C=O) groups excluding carboxylic acids is 3. The Morgan fingerprint density at radius 2 is 1.94 bits per heavy atom. The van der Waals surface area contributed by atoms with Gasteiger partial charge < -0.3 is 9.64 Å². The number of thioether (sulfide) groups is 1. The molecule has 0 aromatic heterocycles. The van der Waals surface area contributed by atoms with E-state index < -0.39 is 17.0 Å². The fourth-order valence-corrected chi connectivity index (χ4v) is 4.85. The number of halogens is 1. The number of nitrogens with zero attached hydrogens (tertiary/aromatic N) is 1. The second kappa shape index (κ2) is 7.78. The average molecular weight is 455 g/mol. The Balaban J connectivity index is 1.92. The van der Waals surface area contributed by atoms with Crippen LogP contribution in [-0.4, -0.2) is 31.2 Å². The van der Waals surface area contributed by atoms with E-state index in [-0.39, 0.29) is 27.4 Å². The smallest absolute Gasteiger partial charge is 0.290 e. The molecule has 0 spiro atoms. The van der Waals surface area contributed by atoms with Gasteiger partial charge in [-0.3, -0.25) is 19.7 Å². The molecule has 1 saturated heterocycles. The van der Waals surface area contributed by atoms with E-state index in [1.807, 2.05) is 32.9 Å². The highest BCUT2D eigenvalue weighted by Crippen LogP contribution is 2.45. The zero-order chi connectivity index (χ0) is 23.4. The minimum atomic E-state index is -0.573. The van der Waals surface area contributed by atoms with Crippen LogP contribution in [0.2, 0.25) is 0 Å². The van der Waals surface area contributed by atoms with Crippen LogP contribution >= 0.6 is 11.8 Å². The van der Waals surface area contributed by atoms with E-state index in [0.29, 0.717) is 17.7 Å². The van der Waals surface area contributed by atoms with Gasteiger partial charge in [-0.15, -0.1) is 0 Å². The number of nitrogens with one attached hydrogen (secondary N) is 1. The van der Waals surface area contributed by atoms with Gasteiger partial charge >= 0.3 is 0 Å². The van der Waals surface area contributed by atoms with Gasteiger partial charge in [0.15, 0.2) is 0 Å². The van der Waals surface area contributed by atoms with Crippen LogP contribution in [0, 0.1) is 12.7 Å². The first kappa shape index (κ1) is 22.1. The first-order chi connectivity index (χ1) is 15.0. The van der Waals surface area contributed by atoms with Crippen LogP contribution < -0.4 is 15.0 Å². The largest absolute Gasteiger partial charge is 0.496 e. The molecule has 2 aliphatic rings. The molecule has 2 aromatic carbocycles. The zero-order valence-corrected chi connectivity index (χ0v) is 19.3. The minimum Gasteiger partial charge on any atom is -0.496 e. The third-order valence-electron chi connectivity index (χ3n) is 5.95. The highest BCUT2D eigenvalue weighted by Gasteiger charge is 2.36. The maximum absolute atomic E-state index is 15.8. The number of carbonyl (C=O) groups is 3. The maximum atomic E-state index is 15.8. The Kier molecular flexibility index (Phi) is 5.36. The Labute approximate surface area is 189 Å². The number of rotatable bonds is 3. The van der Waals surface area contributed by atoms with E-state index in [9.17, 15) is 14.4 Å². The number of aryl methyl sites for hydroxylation is 1. The Bertz CT molecular complexity index is 1220. The number of ether oxygens (including phenoxy) is 1. The van der Waals surface area contributed by atoms with Gasteiger partial charge in [0.1, 0.15) is 11.6 Å². The molecule has 6 nitrogen and oxygen atoms in total. The van der Waals surface area contributed by atoms with Gasteiger partial charge in [0.2, 0.25) is 5.91 Å². The molecule has 1 N–H and O–H groups in total. The molecule has 166 valence electrons. The second-order valence-electron chi connectivity index (χ2n) is 8.60. The van der Waals surface area contributed by atoms with Crippen molar-refractivity contribution in [1.82, 2.24) is 5.32 Å². The molecular formula is C24H23FN2O4S. The second-order valence-corrected chi connectivity index (χ2v) is 9.61. The first-order valence-electron chi connectivity index (χ1n) is 10.1. The van der Waals surface area contributed by atoms with Crippen molar-refractivity contribution in [3.8, 4) is 16.9 Å². The highest BCUT2D eigenvalue weighted by atomic mass is 32.2. The fourth-order valence-electron chi connectivity index (χ4n) is 4.18. The standard InChI is InChI=1S/C24H23FN2O4S/c1-12-8-15-16(27(4)19(28)11-24(15,2)3)10-14(12)20-17(31-5)7-6-13(21(20)25)9-18-22(29)26-23(30)32-18/h6-10H,11H2,1-5H3,(H,26,29,30). The summed E-state index contributed by atoms with van der Waals surface area (Å²) in [5.41, 5.74) is 3.25. The lowest BCUT2D eigenvalue weighted by Crippen LogP contribution is -2.39. The van der Waals surface area contributed by atoms with Gasteiger partial charge in [0.05, 0.1) is 17.6 Å². The molecular weight excluding hydrogens is 431 g/mol. The molecule has 8 heteroatoms. The average Bonchev–Trinajstić information content (AvgIpc) is 3.04. The molecule has 0 saturated carbocycles. The van der Waals surface area contributed by atoms with Gasteiger partial charge in [-0.2, -0.15) is 0 Å². The topological polar surface area (TPSA) is 75.7 Å². The van der Waals surface area contributed by atoms with E-state index in [1.54, 1.807) is 18.0 Å². The van der Waals surface area contributed by atoms with Crippen LogP contribution in [0.25, 0.3) is 17.2 Å².